The molecule has 2 rings (SSSR count). The van der Waals surface area contributed by atoms with Crippen molar-refractivity contribution in [1.29, 1.82) is 0 Å². The van der Waals surface area contributed by atoms with Gasteiger partial charge in [-0.15, -0.1) is 0 Å². The molecule has 0 aromatic heterocycles. The van der Waals surface area contributed by atoms with E-state index in [2.05, 4.69) is 0 Å². The van der Waals surface area contributed by atoms with Crippen LogP contribution in [0.2, 0.25) is 0 Å². The predicted octanol–water partition coefficient (Wildman–Crippen LogP) is -1.00. The lowest BCUT2D eigenvalue weighted by molar-refractivity contribution is -0.119. The van der Waals surface area contributed by atoms with Crippen LogP contribution in [-0.2, 0) is 14.6 Å². The molecule has 0 saturated carbocycles. The Kier molecular flexibility index (Phi) is 3.98. The highest BCUT2D eigenvalue weighted by atomic mass is 32.2. The third-order valence-corrected chi connectivity index (χ3v) is 5.54. The van der Waals surface area contributed by atoms with Gasteiger partial charge in [0.1, 0.15) is 0 Å². The number of piperazine rings is 1. The van der Waals surface area contributed by atoms with Gasteiger partial charge in [0, 0.05) is 39.3 Å². The normalized spacial score (nSPS) is 26.3. The van der Waals surface area contributed by atoms with Crippen molar-refractivity contribution in [2.45, 2.75) is 12.5 Å². The molecule has 2 saturated heterocycles. The number of urea groups is 1. The minimum Gasteiger partial charge on any atom is -0.342 e. The minimum absolute atomic E-state index is 0.0591. The van der Waals surface area contributed by atoms with Crippen LogP contribution >= 0.6 is 0 Å². The van der Waals surface area contributed by atoms with Gasteiger partial charge in [0.2, 0.25) is 6.41 Å². The summed E-state index contributed by atoms with van der Waals surface area (Å²) in [7, 11) is -1.33. The highest BCUT2D eigenvalue weighted by Gasteiger charge is 2.34. The van der Waals surface area contributed by atoms with Crippen LogP contribution in [0.1, 0.15) is 6.42 Å². The topological polar surface area (TPSA) is 78.0 Å². The van der Waals surface area contributed by atoms with Crippen molar-refractivity contribution in [3.8, 4) is 0 Å². The molecule has 0 aromatic carbocycles. The summed E-state index contributed by atoms with van der Waals surface area (Å²) in [6.45, 7) is 2.07. The molecule has 1 unspecified atom stereocenters. The van der Waals surface area contributed by atoms with Crippen molar-refractivity contribution >= 4 is 22.3 Å². The number of nitrogens with zero attached hydrogens (tertiary/aromatic N) is 3. The third kappa shape index (κ3) is 3.17. The van der Waals surface area contributed by atoms with Crippen molar-refractivity contribution in [1.82, 2.24) is 14.7 Å². The number of amides is 3. The molecular weight excluding hydrogens is 270 g/mol. The van der Waals surface area contributed by atoms with Gasteiger partial charge >= 0.3 is 6.03 Å². The van der Waals surface area contributed by atoms with Crippen LogP contribution < -0.4 is 0 Å². The molecule has 19 heavy (non-hydrogen) atoms. The van der Waals surface area contributed by atoms with Gasteiger partial charge in [-0.3, -0.25) is 4.79 Å². The van der Waals surface area contributed by atoms with E-state index < -0.39 is 9.84 Å². The zero-order chi connectivity index (χ0) is 14.0. The second kappa shape index (κ2) is 5.36. The van der Waals surface area contributed by atoms with Crippen LogP contribution in [0, 0.1) is 0 Å². The van der Waals surface area contributed by atoms with Crippen LogP contribution in [0.3, 0.4) is 0 Å². The fraction of sp³-hybridized carbons (Fsp3) is 0.818. The van der Waals surface area contributed by atoms with Gasteiger partial charge in [0.05, 0.1) is 11.5 Å². The van der Waals surface area contributed by atoms with Gasteiger partial charge in [-0.2, -0.15) is 0 Å². The SMILES string of the molecule is CN(C(=O)N1CCN(C=O)CC1)C1CCS(=O)(=O)C1. The summed E-state index contributed by atoms with van der Waals surface area (Å²) >= 11 is 0. The largest absolute Gasteiger partial charge is 0.342 e. The molecule has 0 N–H and O–H groups in total. The minimum atomic E-state index is -2.98. The molecular formula is C11H19N3O4S. The number of hydrogen-bond acceptors (Lipinski definition) is 4. The maximum Gasteiger partial charge on any atom is 0.320 e. The smallest absolute Gasteiger partial charge is 0.320 e. The Morgan fingerprint density at radius 1 is 1.26 bits per heavy atom. The number of rotatable bonds is 2. The first-order valence-corrected chi connectivity index (χ1v) is 8.16. The first kappa shape index (κ1) is 14.1. The number of carbonyl (C=O) groups is 2. The van der Waals surface area contributed by atoms with Gasteiger partial charge in [-0.1, -0.05) is 0 Å². The molecule has 8 heteroatoms. The molecule has 0 bridgehead atoms. The van der Waals surface area contributed by atoms with Crippen LogP contribution in [-0.4, -0.2) is 86.3 Å². The molecule has 108 valence electrons. The van der Waals surface area contributed by atoms with Gasteiger partial charge < -0.3 is 14.7 Å². The lowest BCUT2D eigenvalue weighted by atomic mass is 10.2. The van der Waals surface area contributed by atoms with Crippen LogP contribution in [0.15, 0.2) is 0 Å². The molecule has 0 spiro atoms. The summed E-state index contributed by atoms with van der Waals surface area (Å²) in [5, 5.41) is 0. The average Bonchev–Trinajstić information content (AvgIpc) is 2.77. The van der Waals surface area contributed by atoms with E-state index in [9.17, 15) is 18.0 Å². The number of hydrogen-bond donors (Lipinski definition) is 0. The Hall–Kier alpha value is -1.31. The Bertz CT molecular complexity index is 457. The summed E-state index contributed by atoms with van der Waals surface area (Å²) in [4.78, 5) is 27.7. The molecule has 2 fully saturated rings. The molecule has 0 aromatic rings. The summed E-state index contributed by atoms with van der Waals surface area (Å²) in [5.74, 6) is 0.220. The summed E-state index contributed by atoms with van der Waals surface area (Å²) in [5.41, 5.74) is 0. The predicted molar refractivity (Wildman–Crippen MR) is 69.4 cm³/mol. The van der Waals surface area contributed by atoms with Crippen molar-refractivity contribution in [2.24, 2.45) is 0 Å². The van der Waals surface area contributed by atoms with E-state index in [1.54, 1.807) is 16.8 Å². The van der Waals surface area contributed by atoms with E-state index >= 15 is 0 Å². The van der Waals surface area contributed by atoms with Gasteiger partial charge in [-0.05, 0) is 6.42 Å². The second-order valence-corrected chi connectivity index (χ2v) is 7.31. The summed E-state index contributed by atoms with van der Waals surface area (Å²) in [6.07, 6.45) is 1.30. The van der Waals surface area contributed by atoms with E-state index in [-0.39, 0.29) is 23.6 Å². The van der Waals surface area contributed by atoms with Gasteiger partial charge in [0.25, 0.3) is 0 Å². The molecule has 2 aliphatic rings. The fourth-order valence-electron chi connectivity index (χ4n) is 2.48. The van der Waals surface area contributed by atoms with E-state index in [1.807, 2.05) is 0 Å². The van der Waals surface area contributed by atoms with E-state index in [0.29, 0.717) is 32.6 Å². The zero-order valence-corrected chi connectivity index (χ0v) is 11.8. The summed E-state index contributed by atoms with van der Waals surface area (Å²) in [6, 6.07) is -0.366. The maximum absolute atomic E-state index is 12.2. The summed E-state index contributed by atoms with van der Waals surface area (Å²) < 4.78 is 22.9. The Morgan fingerprint density at radius 2 is 1.89 bits per heavy atom. The van der Waals surface area contributed by atoms with Crippen molar-refractivity contribution < 1.29 is 18.0 Å². The van der Waals surface area contributed by atoms with Crippen molar-refractivity contribution in [3.63, 3.8) is 0 Å². The fourth-order valence-corrected chi connectivity index (χ4v) is 4.25. The first-order chi connectivity index (χ1) is 8.93. The molecule has 0 aliphatic carbocycles. The molecule has 3 amide bonds. The Morgan fingerprint density at radius 3 is 2.37 bits per heavy atom. The zero-order valence-electron chi connectivity index (χ0n) is 11.0. The molecule has 1 atom stereocenters. The van der Waals surface area contributed by atoms with Gasteiger partial charge in [-0.25, -0.2) is 13.2 Å². The van der Waals surface area contributed by atoms with Crippen molar-refractivity contribution in [3.05, 3.63) is 0 Å². The maximum atomic E-state index is 12.2. The lowest BCUT2D eigenvalue weighted by Crippen LogP contribution is -2.53. The Labute approximate surface area is 113 Å². The standard InChI is InChI=1S/C11H19N3O4S/c1-12(10-2-7-19(17,18)8-10)11(16)14-5-3-13(9-15)4-6-14/h9-10H,2-8H2,1H3. The van der Waals surface area contributed by atoms with Crippen molar-refractivity contribution in [2.75, 3.05) is 44.7 Å². The molecule has 0 radical (unpaired) electrons. The quantitative estimate of drug-likeness (QED) is 0.611. The highest BCUT2D eigenvalue weighted by Crippen LogP contribution is 2.18. The van der Waals surface area contributed by atoms with E-state index in [4.69, 9.17) is 0 Å². The Balaban J connectivity index is 1.91. The molecule has 2 heterocycles. The van der Waals surface area contributed by atoms with E-state index in [0.717, 1.165) is 6.41 Å². The van der Waals surface area contributed by atoms with Gasteiger partial charge in [0.15, 0.2) is 9.84 Å². The average molecular weight is 289 g/mol. The molecule has 2 aliphatic heterocycles. The number of sulfone groups is 1. The van der Waals surface area contributed by atoms with Crippen LogP contribution in [0.4, 0.5) is 4.79 Å². The molecule has 7 nitrogen and oxygen atoms in total. The second-order valence-electron chi connectivity index (χ2n) is 5.08. The third-order valence-electron chi connectivity index (χ3n) is 3.79. The van der Waals surface area contributed by atoms with Crippen LogP contribution in [0.25, 0.3) is 0 Å². The lowest BCUT2D eigenvalue weighted by Gasteiger charge is -2.36. The monoisotopic (exact) mass is 289 g/mol. The van der Waals surface area contributed by atoms with E-state index in [1.165, 1.54) is 4.90 Å². The highest BCUT2D eigenvalue weighted by molar-refractivity contribution is 7.91. The van der Waals surface area contributed by atoms with Crippen LogP contribution in [0.5, 0.6) is 0 Å². The number of carbonyl (C=O) groups excluding carboxylic acids is 2. The first-order valence-electron chi connectivity index (χ1n) is 6.34.